The molecule has 0 radical (unpaired) electrons. The second kappa shape index (κ2) is 5.96. The van der Waals surface area contributed by atoms with Gasteiger partial charge in [0.15, 0.2) is 0 Å². The van der Waals surface area contributed by atoms with Gasteiger partial charge in [-0.05, 0) is 12.8 Å². The molecule has 1 amide bonds. The van der Waals surface area contributed by atoms with Gasteiger partial charge in [0, 0.05) is 12.5 Å². The monoisotopic (exact) mass is 268 g/mol. The lowest BCUT2D eigenvalue weighted by atomic mass is 9.95. The maximum absolute atomic E-state index is 12.9. The Hall–Kier alpha value is -0.420. The molecule has 0 aromatic carbocycles. The number of nitrogens with one attached hydrogen (secondary N) is 2. The van der Waals surface area contributed by atoms with Gasteiger partial charge in [0.1, 0.15) is 0 Å². The van der Waals surface area contributed by atoms with Gasteiger partial charge in [-0.1, -0.05) is 19.3 Å². The first-order valence-corrected chi connectivity index (χ1v) is 5.98. The maximum Gasteiger partial charge on any atom is 0.262 e. The molecule has 3 nitrogen and oxygen atoms in total. The standard InChI is InChI=1S/C11H18F2N2O.ClH/c12-11(13)6-9(14-7-11)10(16)15-8-4-2-1-3-5-8;/h8-9,14H,1-7H2,(H,15,16);1H. The minimum absolute atomic E-state index is 0. The lowest BCUT2D eigenvalue weighted by molar-refractivity contribution is -0.124. The van der Waals surface area contributed by atoms with Crippen LogP contribution in [0.25, 0.3) is 0 Å². The molecule has 2 aliphatic rings. The highest BCUT2D eigenvalue weighted by atomic mass is 35.5. The van der Waals surface area contributed by atoms with E-state index in [4.69, 9.17) is 0 Å². The van der Waals surface area contributed by atoms with Crippen molar-refractivity contribution in [2.45, 2.75) is 56.5 Å². The Morgan fingerprint density at radius 3 is 2.41 bits per heavy atom. The second-order valence-electron chi connectivity index (χ2n) is 4.84. The molecule has 1 unspecified atom stereocenters. The molecule has 2 N–H and O–H groups in total. The zero-order valence-corrected chi connectivity index (χ0v) is 10.5. The summed E-state index contributed by atoms with van der Waals surface area (Å²) in [7, 11) is 0. The Bertz CT molecular complexity index is 270. The zero-order valence-electron chi connectivity index (χ0n) is 9.68. The summed E-state index contributed by atoms with van der Waals surface area (Å²) in [6, 6.07) is -0.519. The average molecular weight is 269 g/mol. The van der Waals surface area contributed by atoms with Crippen LogP contribution < -0.4 is 10.6 Å². The molecule has 2 fully saturated rings. The average Bonchev–Trinajstić information content (AvgIpc) is 2.60. The number of carbonyl (C=O) groups excluding carboxylic acids is 1. The van der Waals surface area contributed by atoms with E-state index in [1.807, 2.05) is 0 Å². The molecule has 0 bridgehead atoms. The van der Waals surface area contributed by atoms with E-state index in [0.717, 1.165) is 25.7 Å². The highest BCUT2D eigenvalue weighted by Crippen LogP contribution is 2.25. The Balaban J connectivity index is 0.00000144. The summed E-state index contributed by atoms with van der Waals surface area (Å²) in [6.07, 6.45) is 5.06. The maximum atomic E-state index is 12.9. The van der Waals surface area contributed by atoms with Crippen LogP contribution in [-0.4, -0.2) is 30.5 Å². The summed E-state index contributed by atoms with van der Waals surface area (Å²) in [5.41, 5.74) is 0. The van der Waals surface area contributed by atoms with Crippen LogP contribution in [0.1, 0.15) is 38.5 Å². The number of hydrogen-bond donors (Lipinski definition) is 2. The van der Waals surface area contributed by atoms with E-state index in [1.165, 1.54) is 6.42 Å². The van der Waals surface area contributed by atoms with Crippen LogP contribution in [0.4, 0.5) is 8.78 Å². The summed E-state index contributed by atoms with van der Waals surface area (Å²) in [4.78, 5) is 11.7. The molecular weight excluding hydrogens is 250 g/mol. The van der Waals surface area contributed by atoms with Gasteiger partial charge in [0.25, 0.3) is 5.92 Å². The number of rotatable bonds is 2. The van der Waals surface area contributed by atoms with E-state index in [9.17, 15) is 13.6 Å². The quantitative estimate of drug-likeness (QED) is 0.803. The zero-order chi connectivity index (χ0) is 11.6. The van der Waals surface area contributed by atoms with Crippen molar-refractivity contribution in [3.05, 3.63) is 0 Å². The lowest BCUT2D eigenvalue weighted by Crippen LogP contribution is -2.45. The third-order valence-electron chi connectivity index (χ3n) is 3.38. The van der Waals surface area contributed by atoms with Gasteiger partial charge in [0.2, 0.25) is 5.91 Å². The van der Waals surface area contributed by atoms with Crippen LogP contribution >= 0.6 is 12.4 Å². The first-order valence-electron chi connectivity index (χ1n) is 5.98. The summed E-state index contributed by atoms with van der Waals surface area (Å²) in [5.74, 6) is -2.99. The molecular formula is C11H19ClF2N2O. The molecule has 1 heterocycles. The van der Waals surface area contributed by atoms with Crippen LogP contribution in [0.5, 0.6) is 0 Å². The largest absolute Gasteiger partial charge is 0.352 e. The van der Waals surface area contributed by atoms with Crippen molar-refractivity contribution in [1.29, 1.82) is 0 Å². The minimum atomic E-state index is -2.73. The molecule has 2 rings (SSSR count). The molecule has 1 aliphatic carbocycles. The normalized spacial score (nSPS) is 28.5. The second-order valence-corrected chi connectivity index (χ2v) is 4.84. The molecule has 6 heteroatoms. The lowest BCUT2D eigenvalue weighted by Gasteiger charge is -2.24. The smallest absolute Gasteiger partial charge is 0.262 e. The van der Waals surface area contributed by atoms with Crippen LogP contribution in [0, 0.1) is 0 Å². The highest BCUT2D eigenvalue weighted by molar-refractivity contribution is 5.85. The van der Waals surface area contributed by atoms with Crippen molar-refractivity contribution in [2.75, 3.05) is 6.54 Å². The number of halogens is 3. The molecule has 1 saturated carbocycles. The third-order valence-corrected chi connectivity index (χ3v) is 3.38. The Labute approximate surface area is 106 Å². The Kier molecular flexibility index (Phi) is 5.13. The SMILES string of the molecule is Cl.O=C(NC1CCCCC1)C1CC(F)(F)CN1. The van der Waals surface area contributed by atoms with Gasteiger partial charge in [0.05, 0.1) is 12.6 Å². The first kappa shape index (κ1) is 14.6. The van der Waals surface area contributed by atoms with Crippen molar-refractivity contribution in [3.63, 3.8) is 0 Å². The van der Waals surface area contributed by atoms with E-state index in [-0.39, 0.29) is 37.3 Å². The predicted molar refractivity (Wildman–Crippen MR) is 63.6 cm³/mol. The van der Waals surface area contributed by atoms with E-state index in [2.05, 4.69) is 10.6 Å². The van der Waals surface area contributed by atoms with Crippen LogP contribution in [0.3, 0.4) is 0 Å². The summed E-state index contributed by atoms with van der Waals surface area (Å²) >= 11 is 0. The topological polar surface area (TPSA) is 41.1 Å². The van der Waals surface area contributed by atoms with Gasteiger partial charge in [-0.2, -0.15) is 0 Å². The van der Waals surface area contributed by atoms with Crippen LogP contribution in [0.2, 0.25) is 0 Å². The molecule has 1 saturated heterocycles. The molecule has 1 atom stereocenters. The van der Waals surface area contributed by atoms with E-state index in [0.29, 0.717) is 0 Å². The van der Waals surface area contributed by atoms with E-state index < -0.39 is 12.0 Å². The van der Waals surface area contributed by atoms with Crippen molar-refractivity contribution in [1.82, 2.24) is 10.6 Å². The van der Waals surface area contributed by atoms with Crippen molar-refractivity contribution < 1.29 is 13.6 Å². The molecule has 1 aliphatic heterocycles. The fourth-order valence-electron chi connectivity index (χ4n) is 2.45. The number of hydrogen-bond acceptors (Lipinski definition) is 2. The third kappa shape index (κ3) is 4.07. The fourth-order valence-corrected chi connectivity index (χ4v) is 2.45. The van der Waals surface area contributed by atoms with Gasteiger partial charge in [-0.15, -0.1) is 12.4 Å². The first-order chi connectivity index (χ1) is 7.57. The minimum Gasteiger partial charge on any atom is -0.352 e. The Morgan fingerprint density at radius 1 is 1.24 bits per heavy atom. The number of alkyl halides is 2. The van der Waals surface area contributed by atoms with Gasteiger partial charge in [-0.3, -0.25) is 10.1 Å². The molecule has 100 valence electrons. The van der Waals surface area contributed by atoms with E-state index >= 15 is 0 Å². The summed E-state index contributed by atoms with van der Waals surface area (Å²) < 4.78 is 25.8. The van der Waals surface area contributed by atoms with Crippen LogP contribution in [-0.2, 0) is 4.79 Å². The Morgan fingerprint density at radius 2 is 1.88 bits per heavy atom. The van der Waals surface area contributed by atoms with Gasteiger partial charge >= 0.3 is 0 Å². The van der Waals surface area contributed by atoms with Gasteiger partial charge in [-0.25, -0.2) is 8.78 Å². The molecule has 17 heavy (non-hydrogen) atoms. The van der Waals surface area contributed by atoms with Crippen LogP contribution in [0.15, 0.2) is 0 Å². The molecule has 0 aromatic rings. The van der Waals surface area contributed by atoms with Crippen molar-refractivity contribution >= 4 is 18.3 Å². The molecule has 0 aromatic heterocycles. The summed E-state index contributed by atoms with van der Waals surface area (Å²) in [6.45, 7) is -0.379. The summed E-state index contributed by atoms with van der Waals surface area (Å²) in [5, 5.41) is 5.44. The fraction of sp³-hybridized carbons (Fsp3) is 0.909. The van der Waals surface area contributed by atoms with Gasteiger partial charge < -0.3 is 5.32 Å². The predicted octanol–water partition coefficient (Wildman–Crippen LogP) is 1.85. The number of amides is 1. The number of carbonyl (C=O) groups is 1. The van der Waals surface area contributed by atoms with Crippen molar-refractivity contribution in [3.8, 4) is 0 Å². The highest BCUT2D eigenvalue weighted by Gasteiger charge is 2.42. The molecule has 0 spiro atoms. The van der Waals surface area contributed by atoms with E-state index in [1.54, 1.807) is 0 Å². The van der Waals surface area contributed by atoms with Crippen molar-refractivity contribution in [2.24, 2.45) is 0 Å².